The van der Waals surface area contributed by atoms with E-state index in [9.17, 15) is 9.59 Å². The smallest absolute Gasteiger partial charge is 0.289 e. The summed E-state index contributed by atoms with van der Waals surface area (Å²) in [6, 6.07) is 26.5. The second kappa shape index (κ2) is 10.8. The van der Waals surface area contributed by atoms with Gasteiger partial charge in [0.25, 0.3) is 11.8 Å². The second-order valence-electron chi connectivity index (χ2n) is 8.64. The van der Waals surface area contributed by atoms with Gasteiger partial charge in [0.15, 0.2) is 5.76 Å². The summed E-state index contributed by atoms with van der Waals surface area (Å²) in [5.41, 5.74) is 2.51. The molecule has 2 aromatic heterocycles. The number of carbonyl (C=O) groups excluding carboxylic acids is 2. The first-order chi connectivity index (χ1) is 17.6. The number of hydrogen-bond donors (Lipinski definition) is 0. The maximum Gasteiger partial charge on any atom is 0.289 e. The van der Waals surface area contributed by atoms with E-state index in [1.54, 1.807) is 11.0 Å². The number of thioether (sulfide) groups is 1. The van der Waals surface area contributed by atoms with Crippen molar-refractivity contribution in [3.05, 3.63) is 102 Å². The highest BCUT2D eigenvalue weighted by Gasteiger charge is 2.31. The number of rotatable bonds is 6. The van der Waals surface area contributed by atoms with Crippen molar-refractivity contribution in [3.8, 4) is 11.3 Å². The van der Waals surface area contributed by atoms with Gasteiger partial charge in [0.05, 0.1) is 11.4 Å². The van der Waals surface area contributed by atoms with E-state index in [1.165, 1.54) is 11.8 Å². The highest BCUT2D eigenvalue weighted by molar-refractivity contribution is 7.98. The Labute approximate surface area is 214 Å². The molecule has 2 aromatic carbocycles. The average Bonchev–Trinajstić information content (AvgIpc) is 3.41. The number of amides is 2. The maximum atomic E-state index is 13.1. The topological polar surface area (TPSA) is 79.5 Å². The lowest BCUT2D eigenvalue weighted by molar-refractivity contribution is 0.0399. The minimum Gasteiger partial charge on any atom is -0.455 e. The van der Waals surface area contributed by atoms with E-state index >= 15 is 0 Å². The van der Waals surface area contributed by atoms with E-state index in [1.807, 2.05) is 90.7 Å². The van der Waals surface area contributed by atoms with Gasteiger partial charge in [-0.3, -0.25) is 9.59 Å². The summed E-state index contributed by atoms with van der Waals surface area (Å²) in [6.07, 6.45) is 0. The third-order valence-electron chi connectivity index (χ3n) is 6.14. The number of aromatic nitrogens is 2. The molecule has 1 unspecified atom stereocenters. The Morgan fingerprint density at radius 2 is 1.64 bits per heavy atom. The lowest BCUT2D eigenvalue weighted by Gasteiger charge is -2.39. The molecule has 1 fully saturated rings. The largest absolute Gasteiger partial charge is 0.455 e. The molecule has 36 heavy (non-hydrogen) atoms. The molecule has 1 atom stereocenters. The highest BCUT2D eigenvalue weighted by atomic mass is 32.2. The van der Waals surface area contributed by atoms with Crippen LogP contribution in [0.1, 0.15) is 33.6 Å². The van der Waals surface area contributed by atoms with Crippen molar-refractivity contribution in [3.63, 3.8) is 0 Å². The van der Waals surface area contributed by atoms with Gasteiger partial charge in [-0.2, -0.15) is 0 Å². The predicted octanol–water partition coefficient (Wildman–Crippen LogP) is 5.02. The molecular formula is C28H26N4O3S. The molecule has 7 nitrogen and oxygen atoms in total. The van der Waals surface area contributed by atoms with Crippen molar-refractivity contribution in [2.45, 2.75) is 23.7 Å². The molecule has 0 saturated carbocycles. The van der Waals surface area contributed by atoms with Crippen LogP contribution < -0.4 is 0 Å². The Balaban J connectivity index is 1.15. The first kappa shape index (κ1) is 23.8. The Morgan fingerprint density at radius 1 is 0.889 bits per heavy atom. The van der Waals surface area contributed by atoms with E-state index in [-0.39, 0.29) is 17.9 Å². The van der Waals surface area contributed by atoms with Crippen LogP contribution in [0, 0.1) is 0 Å². The molecule has 1 aliphatic rings. The van der Waals surface area contributed by atoms with E-state index in [2.05, 4.69) is 10.2 Å². The molecule has 0 bridgehead atoms. The summed E-state index contributed by atoms with van der Waals surface area (Å²) < 4.78 is 5.85. The van der Waals surface area contributed by atoms with Crippen LogP contribution in [0.2, 0.25) is 0 Å². The molecule has 0 N–H and O–H groups in total. The van der Waals surface area contributed by atoms with Crippen LogP contribution in [-0.2, 0) is 5.75 Å². The molecule has 5 rings (SSSR count). The normalized spacial score (nSPS) is 15.6. The second-order valence-corrected chi connectivity index (χ2v) is 9.64. The quantitative estimate of drug-likeness (QED) is 0.348. The van der Waals surface area contributed by atoms with Crippen molar-refractivity contribution < 1.29 is 14.0 Å². The van der Waals surface area contributed by atoms with Gasteiger partial charge < -0.3 is 14.2 Å². The summed E-state index contributed by atoms with van der Waals surface area (Å²) in [4.78, 5) is 29.5. The molecule has 1 aliphatic heterocycles. The number of hydrogen-bond acceptors (Lipinski definition) is 6. The molecule has 4 aromatic rings. The number of piperazine rings is 1. The van der Waals surface area contributed by atoms with Gasteiger partial charge in [0.1, 0.15) is 10.8 Å². The fourth-order valence-corrected chi connectivity index (χ4v) is 4.93. The van der Waals surface area contributed by atoms with Crippen molar-refractivity contribution in [1.29, 1.82) is 0 Å². The van der Waals surface area contributed by atoms with Gasteiger partial charge in [-0.25, -0.2) is 0 Å². The van der Waals surface area contributed by atoms with Crippen LogP contribution in [-0.4, -0.2) is 57.5 Å². The maximum absolute atomic E-state index is 13.1. The Kier molecular flexibility index (Phi) is 7.13. The summed E-state index contributed by atoms with van der Waals surface area (Å²) >= 11 is 1.50. The van der Waals surface area contributed by atoms with E-state index in [0.29, 0.717) is 42.5 Å². The predicted molar refractivity (Wildman–Crippen MR) is 139 cm³/mol. The van der Waals surface area contributed by atoms with Crippen LogP contribution in [0.3, 0.4) is 0 Å². The standard InChI is InChI=1S/C28H26N4O3S/c1-20-18-31(16-17-32(20)27(33)22-10-6-3-7-11-22)28(34)25-14-12-23(35-25)19-36-26-15-13-24(29-30-26)21-8-4-2-5-9-21/h2-15,20H,16-19H2,1H3. The average molecular weight is 499 g/mol. The zero-order valence-corrected chi connectivity index (χ0v) is 20.7. The molecule has 0 spiro atoms. The molecule has 0 aliphatic carbocycles. The minimum absolute atomic E-state index is 0.00703. The zero-order valence-electron chi connectivity index (χ0n) is 19.9. The molecule has 1 saturated heterocycles. The van der Waals surface area contributed by atoms with E-state index in [4.69, 9.17) is 4.42 Å². The number of furan rings is 1. The molecule has 3 heterocycles. The minimum atomic E-state index is -0.156. The van der Waals surface area contributed by atoms with Gasteiger partial charge in [-0.1, -0.05) is 60.3 Å². The monoisotopic (exact) mass is 498 g/mol. The van der Waals surface area contributed by atoms with Gasteiger partial charge >= 0.3 is 0 Å². The fourth-order valence-electron chi connectivity index (χ4n) is 4.22. The summed E-state index contributed by atoms with van der Waals surface area (Å²) in [6.45, 7) is 3.39. The third-order valence-corrected chi connectivity index (χ3v) is 7.08. The van der Waals surface area contributed by atoms with Crippen LogP contribution >= 0.6 is 11.8 Å². The fraction of sp³-hybridized carbons (Fsp3) is 0.214. The van der Waals surface area contributed by atoms with Gasteiger partial charge in [-0.15, -0.1) is 10.2 Å². The molecular weight excluding hydrogens is 472 g/mol. The van der Waals surface area contributed by atoms with Crippen LogP contribution in [0.4, 0.5) is 0 Å². The zero-order chi connectivity index (χ0) is 24.9. The Morgan fingerprint density at radius 3 is 2.33 bits per heavy atom. The first-order valence-corrected chi connectivity index (χ1v) is 12.8. The SMILES string of the molecule is CC1CN(C(=O)c2ccc(CSc3ccc(-c4ccccc4)nn3)o2)CCN1C(=O)c1ccccc1. The van der Waals surface area contributed by atoms with Crippen LogP contribution in [0.25, 0.3) is 11.3 Å². The molecule has 182 valence electrons. The van der Waals surface area contributed by atoms with E-state index < -0.39 is 0 Å². The van der Waals surface area contributed by atoms with Crippen LogP contribution in [0.5, 0.6) is 0 Å². The van der Waals surface area contributed by atoms with Gasteiger partial charge in [0.2, 0.25) is 0 Å². The Bertz CT molecular complexity index is 1330. The van der Waals surface area contributed by atoms with Crippen molar-refractivity contribution >= 4 is 23.6 Å². The highest BCUT2D eigenvalue weighted by Crippen LogP contribution is 2.25. The number of benzene rings is 2. The summed E-state index contributed by atoms with van der Waals surface area (Å²) in [5.74, 6) is 1.39. The Hall–Kier alpha value is -3.91. The number of carbonyl (C=O) groups is 2. The molecule has 8 heteroatoms. The summed E-state index contributed by atoms with van der Waals surface area (Å²) in [5, 5.41) is 9.40. The molecule has 2 amide bonds. The molecule has 0 radical (unpaired) electrons. The van der Waals surface area contributed by atoms with Gasteiger partial charge in [-0.05, 0) is 43.3 Å². The van der Waals surface area contributed by atoms with Crippen LogP contribution in [0.15, 0.2) is 94.4 Å². The van der Waals surface area contributed by atoms with Gasteiger partial charge in [0, 0.05) is 36.8 Å². The van der Waals surface area contributed by atoms with Crippen molar-refractivity contribution in [2.75, 3.05) is 19.6 Å². The lowest BCUT2D eigenvalue weighted by Crippen LogP contribution is -2.55. The number of nitrogens with zero attached hydrogens (tertiary/aromatic N) is 4. The summed E-state index contributed by atoms with van der Waals surface area (Å²) in [7, 11) is 0. The first-order valence-electron chi connectivity index (χ1n) is 11.8. The van der Waals surface area contributed by atoms with Crippen molar-refractivity contribution in [1.82, 2.24) is 20.0 Å². The lowest BCUT2D eigenvalue weighted by atomic mass is 10.1. The van der Waals surface area contributed by atoms with Crippen molar-refractivity contribution in [2.24, 2.45) is 0 Å². The third kappa shape index (κ3) is 5.33. The van der Waals surface area contributed by atoms with E-state index in [0.717, 1.165) is 16.3 Å².